The predicted octanol–water partition coefficient (Wildman–Crippen LogP) is 1.56. The van der Waals surface area contributed by atoms with Crippen molar-refractivity contribution in [2.45, 2.75) is 13.3 Å². The van der Waals surface area contributed by atoms with Gasteiger partial charge in [-0.2, -0.15) is 5.26 Å². The van der Waals surface area contributed by atoms with Crippen LogP contribution in [0.15, 0.2) is 30.3 Å². The second kappa shape index (κ2) is 7.83. The summed E-state index contributed by atoms with van der Waals surface area (Å²) < 4.78 is 5.14. The summed E-state index contributed by atoms with van der Waals surface area (Å²) >= 11 is 0. The quantitative estimate of drug-likeness (QED) is 0.831. The van der Waals surface area contributed by atoms with Gasteiger partial charge in [0, 0.05) is 31.9 Å². The minimum Gasteiger partial charge on any atom is -0.497 e. The maximum absolute atomic E-state index is 12.5. The lowest BCUT2D eigenvalue weighted by molar-refractivity contribution is -0.130. The highest BCUT2D eigenvalue weighted by Crippen LogP contribution is 2.15. The zero-order valence-corrected chi connectivity index (χ0v) is 15.0. The number of ether oxygens (including phenoxy) is 1. The summed E-state index contributed by atoms with van der Waals surface area (Å²) in [5.74, 6) is 1.45. The third kappa shape index (κ3) is 4.09. The van der Waals surface area contributed by atoms with Gasteiger partial charge in [-0.05, 0) is 30.7 Å². The van der Waals surface area contributed by atoms with Crippen molar-refractivity contribution < 1.29 is 9.53 Å². The highest BCUT2D eigenvalue weighted by Gasteiger charge is 2.23. The average molecular weight is 351 g/mol. The molecule has 1 fully saturated rings. The summed E-state index contributed by atoms with van der Waals surface area (Å²) in [6.07, 6.45) is 0.378. The van der Waals surface area contributed by atoms with Crippen molar-refractivity contribution in [2.75, 3.05) is 38.2 Å². The van der Waals surface area contributed by atoms with Crippen molar-refractivity contribution in [3.8, 4) is 11.8 Å². The van der Waals surface area contributed by atoms with E-state index in [4.69, 9.17) is 10.00 Å². The van der Waals surface area contributed by atoms with Crippen LogP contribution in [0.5, 0.6) is 5.75 Å². The smallest absolute Gasteiger partial charge is 0.227 e. The van der Waals surface area contributed by atoms with Crippen LogP contribution < -0.4 is 9.64 Å². The van der Waals surface area contributed by atoms with Crippen molar-refractivity contribution in [1.29, 1.82) is 5.26 Å². The number of piperazine rings is 1. The third-order valence-corrected chi connectivity index (χ3v) is 4.39. The minimum atomic E-state index is 0.109. The number of benzene rings is 1. The zero-order valence-electron chi connectivity index (χ0n) is 15.0. The SMILES string of the molecule is COc1ccc(CC(=O)N2CCN(c3nc(C)cc(C#N)n3)CC2)cc1. The first-order valence-corrected chi connectivity index (χ1v) is 8.50. The number of hydrogen-bond donors (Lipinski definition) is 0. The molecule has 1 aliphatic rings. The molecule has 0 spiro atoms. The fourth-order valence-electron chi connectivity index (χ4n) is 2.94. The van der Waals surface area contributed by atoms with Gasteiger partial charge in [-0.1, -0.05) is 12.1 Å². The van der Waals surface area contributed by atoms with Gasteiger partial charge in [-0.15, -0.1) is 0 Å². The Morgan fingerprint density at radius 1 is 1.19 bits per heavy atom. The van der Waals surface area contributed by atoms with E-state index in [1.165, 1.54) is 0 Å². The summed E-state index contributed by atoms with van der Waals surface area (Å²) in [7, 11) is 1.62. The Bertz CT molecular complexity index is 821. The number of rotatable bonds is 4. The molecule has 0 N–H and O–H groups in total. The van der Waals surface area contributed by atoms with Gasteiger partial charge in [0.25, 0.3) is 0 Å². The molecule has 2 heterocycles. The number of methoxy groups -OCH3 is 1. The van der Waals surface area contributed by atoms with Crippen LogP contribution >= 0.6 is 0 Å². The second-order valence-electron chi connectivity index (χ2n) is 6.20. The van der Waals surface area contributed by atoms with E-state index in [1.807, 2.05) is 41.0 Å². The number of hydrogen-bond acceptors (Lipinski definition) is 6. The van der Waals surface area contributed by atoms with E-state index in [0.717, 1.165) is 17.0 Å². The van der Waals surface area contributed by atoms with Crippen molar-refractivity contribution in [2.24, 2.45) is 0 Å². The Labute approximate surface area is 152 Å². The predicted molar refractivity (Wildman–Crippen MR) is 97.0 cm³/mol. The maximum Gasteiger partial charge on any atom is 0.227 e. The minimum absolute atomic E-state index is 0.109. The average Bonchev–Trinajstić information content (AvgIpc) is 2.68. The fourth-order valence-corrected chi connectivity index (χ4v) is 2.94. The van der Waals surface area contributed by atoms with Gasteiger partial charge in [0.2, 0.25) is 11.9 Å². The van der Waals surface area contributed by atoms with E-state index in [-0.39, 0.29) is 5.91 Å². The summed E-state index contributed by atoms with van der Waals surface area (Å²) in [5.41, 5.74) is 2.11. The normalized spacial score (nSPS) is 14.0. The molecule has 7 heteroatoms. The first-order valence-electron chi connectivity index (χ1n) is 8.50. The molecule has 0 saturated carbocycles. The van der Waals surface area contributed by atoms with Gasteiger partial charge in [0.15, 0.2) is 0 Å². The van der Waals surface area contributed by atoms with Gasteiger partial charge < -0.3 is 14.5 Å². The molecule has 2 aromatic rings. The van der Waals surface area contributed by atoms with Gasteiger partial charge in [-0.25, -0.2) is 9.97 Å². The monoisotopic (exact) mass is 351 g/mol. The lowest BCUT2D eigenvalue weighted by atomic mass is 10.1. The number of carbonyl (C=O) groups excluding carboxylic acids is 1. The molecule has 7 nitrogen and oxygen atoms in total. The van der Waals surface area contributed by atoms with Crippen LogP contribution in [0.25, 0.3) is 0 Å². The Hall–Kier alpha value is -3.14. The number of nitrogens with zero attached hydrogens (tertiary/aromatic N) is 5. The first-order chi connectivity index (χ1) is 12.6. The van der Waals surface area contributed by atoms with Gasteiger partial charge >= 0.3 is 0 Å². The number of carbonyl (C=O) groups is 1. The van der Waals surface area contributed by atoms with Gasteiger partial charge in [0.1, 0.15) is 17.5 Å². The lowest BCUT2D eigenvalue weighted by Crippen LogP contribution is -2.49. The number of aromatic nitrogens is 2. The molecule has 0 aliphatic carbocycles. The maximum atomic E-state index is 12.5. The number of nitriles is 1. The van der Waals surface area contributed by atoms with E-state index in [9.17, 15) is 4.79 Å². The first kappa shape index (κ1) is 17.7. The summed E-state index contributed by atoms with van der Waals surface area (Å²) in [4.78, 5) is 25.1. The number of aryl methyl sites for hydroxylation is 1. The Balaban J connectivity index is 1.58. The summed E-state index contributed by atoms with van der Waals surface area (Å²) in [5, 5.41) is 9.05. The molecule has 1 aromatic carbocycles. The highest BCUT2D eigenvalue weighted by molar-refractivity contribution is 5.79. The van der Waals surface area contributed by atoms with Crippen molar-refractivity contribution >= 4 is 11.9 Å². The largest absolute Gasteiger partial charge is 0.497 e. The molecular weight excluding hydrogens is 330 g/mol. The Morgan fingerprint density at radius 2 is 1.88 bits per heavy atom. The Morgan fingerprint density at radius 3 is 2.50 bits per heavy atom. The Kier molecular flexibility index (Phi) is 5.32. The zero-order chi connectivity index (χ0) is 18.5. The number of amides is 1. The van der Waals surface area contributed by atoms with Gasteiger partial charge in [0.05, 0.1) is 13.5 Å². The molecule has 0 bridgehead atoms. The molecule has 1 saturated heterocycles. The van der Waals surface area contributed by atoms with E-state index < -0.39 is 0 Å². The molecular formula is C19H21N5O2. The molecule has 26 heavy (non-hydrogen) atoms. The molecule has 1 aromatic heterocycles. The fraction of sp³-hybridized carbons (Fsp3) is 0.368. The van der Waals surface area contributed by atoms with Crippen LogP contribution in [-0.4, -0.2) is 54.1 Å². The molecule has 0 radical (unpaired) electrons. The topological polar surface area (TPSA) is 82.4 Å². The molecule has 0 unspecified atom stereocenters. The van der Waals surface area contributed by atoms with Crippen LogP contribution in [0.2, 0.25) is 0 Å². The van der Waals surface area contributed by atoms with Crippen molar-refractivity contribution in [1.82, 2.24) is 14.9 Å². The van der Waals surface area contributed by atoms with Crippen LogP contribution in [0.3, 0.4) is 0 Å². The van der Waals surface area contributed by atoms with Crippen LogP contribution in [0, 0.1) is 18.3 Å². The molecule has 1 aliphatic heterocycles. The molecule has 0 atom stereocenters. The highest BCUT2D eigenvalue weighted by atomic mass is 16.5. The van der Waals surface area contributed by atoms with E-state index in [1.54, 1.807) is 13.2 Å². The third-order valence-electron chi connectivity index (χ3n) is 4.39. The van der Waals surface area contributed by atoms with Crippen LogP contribution in [-0.2, 0) is 11.2 Å². The summed E-state index contributed by atoms with van der Waals surface area (Å²) in [6, 6.07) is 11.3. The number of anilines is 1. The molecule has 134 valence electrons. The van der Waals surface area contributed by atoms with Crippen LogP contribution in [0.1, 0.15) is 17.0 Å². The summed E-state index contributed by atoms with van der Waals surface area (Å²) in [6.45, 7) is 4.40. The van der Waals surface area contributed by atoms with E-state index in [2.05, 4.69) is 16.0 Å². The van der Waals surface area contributed by atoms with Crippen molar-refractivity contribution in [3.05, 3.63) is 47.3 Å². The van der Waals surface area contributed by atoms with Crippen molar-refractivity contribution in [3.63, 3.8) is 0 Å². The van der Waals surface area contributed by atoms with Gasteiger partial charge in [-0.3, -0.25) is 4.79 Å². The second-order valence-corrected chi connectivity index (χ2v) is 6.20. The molecule has 1 amide bonds. The lowest BCUT2D eigenvalue weighted by Gasteiger charge is -2.35. The van der Waals surface area contributed by atoms with Crippen LogP contribution in [0.4, 0.5) is 5.95 Å². The van der Waals surface area contributed by atoms with E-state index in [0.29, 0.717) is 44.2 Å². The molecule has 3 rings (SSSR count). The van der Waals surface area contributed by atoms with E-state index >= 15 is 0 Å². The standard InChI is InChI=1S/C19H21N5O2/c1-14-11-16(13-20)22-19(21-14)24-9-7-23(8-10-24)18(25)12-15-3-5-17(26-2)6-4-15/h3-6,11H,7-10,12H2,1-2H3.